The van der Waals surface area contributed by atoms with Crippen LogP contribution in [0, 0.1) is 19.8 Å². The van der Waals surface area contributed by atoms with Crippen LogP contribution in [-0.4, -0.2) is 54.0 Å². The fraction of sp³-hybridized carbons (Fsp3) is 0.542. The van der Waals surface area contributed by atoms with Gasteiger partial charge >= 0.3 is 0 Å². The van der Waals surface area contributed by atoms with E-state index in [2.05, 4.69) is 41.5 Å². The van der Waals surface area contributed by atoms with Crippen LogP contribution in [0.4, 0.5) is 0 Å². The van der Waals surface area contributed by atoms with E-state index in [0.717, 1.165) is 53.4 Å². The number of ether oxygens (including phenoxy) is 1. The fourth-order valence-electron chi connectivity index (χ4n) is 4.27. The van der Waals surface area contributed by atoms with Crippen molar-refractivity contribution < 1.29 is 14.3 Å². The number of likely N-dealkylation sites (tertiary alicyclic amines) is 1. The average molecular weight is 442 g/mol. The van der Waals surface area contributed by atoms with E-state index in [9.17, 15) is 9.59 Å². The van der Waals surface area contributed by atoms with Crippen LogP contribution in [0.5, 0.6) is 0 Å². The molecule has 0 spiro atoms. The number of nitrogens with zero attached hydrogens (tertiary/aromatic N) is 2. The lowest BCUT2D eigenvalue weighted by atomic mass is 9.93. The third-order valence-electron chi connectivity index (χ3n) is 6.22. The molecule has 2 aliphatic heterocycles. The molecule has 0 bridgehead atoms. The van der Waals surface area contributed by atoms with E-state index in [-0.39, 0.29) is 17.9 Å². The molecule has 1 atom stereocenters. The van der Waals surface area contributed by atoms with E-state index in [4.69, 9.17) is 4.74 Å². The number of hydrogen-bond acceptors (Lipinski definition) is 5. The van der Waals surface area contributed by atoms with Crippen LogP contribution in [-0.2, 0) is 9.53 Å². The van der Waals surface area contributed by atoms with Crippen molar-refractivity contribution >= 4 is 23.2 Å². The predicted molar refractivity (Wildman–Crippen MR) is 122 cm³/mol. The molecule has 2 amide bonds. The highest BCUT2D eigenvalue weighted by molar-refractivity contribution is 7.17. The molecule has 0 aliphatic carbocycles. The number of rotatable bonds is 6. The molecular formula is C24H31N3O3S. The quantitative estimate of drug-likeness (QED) is 0.736. The Morgan fingerprint density at radius 3 is 2.58 bits per heavy atom. The molecule has 7 heteroatoms. The minimum Gasteiger partial charge on any atom is -0.376 e. The van der Waals surface area contributed by atoms with Gasteiger partial charge in [0.15, 0.2) is 0 Å². The Hall–Kier alpha value is -2.25. The zero-order valence-electron chi connectivity index (χ0n) is 18.4. The number of piperidine rings is 1. The first-order chi connectivity index (χ1) is 15.0. The zero-order chi connectivity index (χ0) is 21.8. The standard InChI is InChI=1S/C24H31N3O3S/c1-16-5-7-19(8-6-16)23-26-17(2)22(31-23)24(29)27-11-9-18(10-12-27)14-21(28)25-15-20-4-3-13-30-20/h5-8,18,20H,3-4,9-15H2,1-2H3,(H,25,28). The number of carbonyl (C=O) groups is 2. The lowest BCUT2D eigenvalue weighted by Gasteiger charge is -2.31. The molecule has 2 fully saturated rings. The van der Waals surface area contributed by atoms with Gasteiger partial charge in [0.05, 0.1) is 11.8 Å². The lowest BCUT2D eigenvalue weighted by Crippen LogP contribution is -2.40. The lowest BCUT2D eigenvalue weighted by molar-refractivity contribution is -0.122. The maximum Gasteiger partial charge on any atom is 0.265 e. The smallest absolute Gasteiger partial charge is 0.265 e. The summed E-state index contributed by atoms with van der Waals surface area (Å²) in [4.78, 5) is 32.6. The molecule has 3 heterocycles. The molecule has 0 saturated carbocycles. The number of aromatic nitrogens is 1. The van der Waals surface area contributed by atoms with Crippen LogP contribution < -0.4 is 5.32 Å². The second-order valence-electron chi connectivity index (χ2n) is 8.68. The van der Waals surface area contributed by atoms with Gasteiger partial charge in [0.2, 0.25) is 5.91 Å². The zero-order valence-corrected chi connectivity index (χ0v) is 19.2. The maximum atomic E-state index is 13.1. The van der Waals surface area contributed by atoms with Gasteiger partial charge in [-0.3, -0.25) is 9.59 Å². The van der Waals surface area contributed by atoms with Gasteiger partial charge in [-0.25, -0.2) is 4.98 Å². The highest BCUT2D eigenvalue weighted by Gasteiger charge is 2.28. The SMILES string of the molecule is Cc1ccc(-c2nc(C)c(C(=O)N3CCC(CC(=O)NCC4CCCO4)CC3)s2)cc1. The summed E-state index contributed by atoms with van der Waals surface area (Å²) in [5.41, 5.74) is 3.04. The highest BCUT2D eigenvalue weighted by atomic mass is 32.1. The normalized spacial score (nSPS) is 19.5. The second-order valence-corrected chi connectivity index (χ2v) is 9.68. The van der Waals surface area contributed by atoms with Crippen LogP contribution in [0.15, 0.2) is 24.3 Å². The van der Waals surface area contributed by atoms with Crippen molar-refractivity contribution in [2.24, 2.45) is 5.92 Å². The Bertz CT molecular complexity index is 911. The van der Waals surface area contributed by atoms with Crippen molar-refractivity contribution in [3.05, 3.63) is 40.4 Å². The number of amides is 2. The molecule has 2 aromatic rings. The Morgan fingerprint density at radius 1 is 1.16 bits per heavy atom. The van der Waals surface area contributed by atoms with Crippen LogP contribution in [0.3, 0.4) is 0 Å². The molecule has 166 valence electrons. The van der Waals surface area contributed by atoms with Gasteiger partial charge in [0, 0.05) is 38.2 Å². The monoisotopic (exact) mass is 441 g/mol. The number of thiazole rings is 1. The molecule has 1 aromatic carbocycles. The summed E-state index contributed by atoms with van der Waals surface area (Å²) in [6.07, 6.45) is 4.55. The summed E-state index contributed by atoms with van der Waals surface area (Å²) < 4.78 is 5.56. The van der Waals surface area contributed by atoms with Gasteiger partial charge in [0.1, 0.15) is 9.88 Å². The van der Waals surface area contributed by atoms with Crippen molar-refractivity contribution in [3.63, 3.8) is 0 Å². The van der Waals surface area contributed by atoms with Crippen molar-refractivity contribution in [1.82, 2.24) is 15.2 Å². The highest BCUT2D eigenvalue weighted by Crippen LogP contribution is 2.30. The van der Waals surface area contributed by atoms with E-state index in [0.29, 0.717) is 32.0 Å². The first-order valence-corrected chi connectivity index (χ1v) is 12.0. The van der Waals surface area contributed by atoms with Gasteiger partial charge in [-0.15, -0.1) is 11.3 Å². The average Bonchev–Trinajstić information content (AvgIpc) is 3.43. The van der Waals surface area contributed by atoms with Crippen LogP contribution >= 0.6 is 11.3 Å². The second kappa shape index (κ2) is 9.92. The predicted octanol–water partition coefficient (Wildman–Crippen LogP) is 3.96. The summed E-state index contributed by atoms with van der Waals surface area (Å²) >= 11 is 1.47. The topological polar surface area (TPSA) is 71.5 Å². The summed E-state index contributed by atoms with van der Waals surface area (Å²) in [5.74, 6) is 0.496. The van der Waals surface area contributed by atoms with Gasteiger partial charge in [-0.1, -0.05) is 29.8 Å². The van der Waals surface area contributed by atoms with E-state index in [1.165, 1.54) is 16.9 Å². The summed E-state index contributed by atoms with van der Waals surface area (Å²) in [7, 11) is 0. The summed E-state index contributed by atoms with van der Waals surface area (Å²) in [6, 6.07) is 8.24. The van der Waals surface area contributed by atoms with Crippen LogP contribution in [0.1, 0.15) is 53.0 Å². The third-order valence-corrected chi connectivity index (χ3v) is 7.41. The summed E-state index contributed by atoms with van der Waals surface area (Å²) in [5, 5.41) is 3.90. The Morgan fingerprint density at radius 2 is 1.90 bits per heavy atom. The van der Waals surface area contributed by atoms with E-state index in [1.54, 1.807) is 0 Å². The number of benzene rings is 1. The molecule has 2 saturated heterocycles. The molecule has 0 radical (unpaired) electrons. The molecule has 1 unspecified atom stereocenters. The number of nitrogens with one attached hydrogen (secondary N) is 1. The molecule has 2 aliphatic rings. The van der Waals surface area contributed by atoms with Gasteiger partial charge in [0.25, 0.3) is 5.91 Å². The Kier molecular flexibility index (Phi) is 7.02. The first-order valence-electron chi connectivity index (χ1n) is 11.2. The number of aryl methyl sites for hydroxylation is 2. The molecule has 4 rings (SSSR count). The Balaban J connectivity index is 1.28. The van der Waals surface area contributed by atoms with Crippen molar-refractivity contribution in [2.75, 3.05) is 26.2 Å². The molecule has 1 N–H and O–H groups in total. The van der Waals surface area contributed by atoms with Gasteiger partial charge in [-0.2, -0.15) is 0 Å². The van der Waals surface area contributed by atoms with E-state index >= 15 is 0 Å². The fourth-order valence-corrected chi connectivity index (χ4v) is 5.31. The van der Waals surface area contributed by atoms with Gasteiger partial charge in [-0.05, 0) is 45.4 Å². The number of hydrogen-bond donors (Lipinski definition) is 1. The minimum absolute atomic E-state index is 0.0645. The molecule has 6 nitrogen and oxygen atoms in total. The Labute approximate surface area is 188 Å². The largest absolute Gasteiger partial charge is 0.376 e. The summed E-state index contributed by atoms with van der Waals surface area (Å²) in [6.45, 7) is 6.78. The van der Waals surface area contributed by atoms with Crippen molar-refractivity contribution in [3.8, 4) is 10.6 Å². The van der Waals surface area contributed by atoms with Crippen LogP contribution in [0.2, 0.25) is 0 Å². The number of carbonyl (C=O) groups excluding carboxylic acids is 2. The molecular weight excluding hydrogens is 410 g/mol. The van der Waals surface area contributed by atoms with E-state index < -0.39 is 0 Å². The van der Waals surface area contributed by atoms with E-state index in [1.807, 2.05) is 11.8 Å². The minimum atomic E-state index is 0.0645. The first kappa shape index (κ1) is 22.0. The van der Waals surface area contributed by atoms with Crippen LogP contribution in [0.25, 0.3) is 10.6 Å². The molecule has 1 aromatic heterocycles. The molecule has 31 heavy (non-hydrogen) atoms. The maximum absolute atomic E-state index is 13.1. The van der Waals surface area contributed by atoms with Crippen molar-refractivity contribution in [1.29, 1.82) is 0 Å². The third kappa shape index (κ3) is 5.52. The van der Waals surface area contributed by atoms with Gasteiger partial charge < -0.3 is 15.0 Å². The van der Waals surface area contributed by atoms with Crippen molar-refractivity contribution in [2.45, 2.75) is 52.1 Å².